The number of hydrogen-bond acceptors (Lipinski definition) is 4. The van der Waals surface area contributed by atoms with E-state index in [0.717, 1.165) is 23.3 Å². The van der Waals surface area contributed by atoms with E-state index >= 15 is 0 Å². The number of anilines is 1. The van der Waals surface area contributed by atoms with Gasteiger partial charge in [0.15, 0.2) is 0 Å². The van der Waals surface area contributed by atoms with Crippen molar-refractivity contribution in [2.24, 2.45) is 0 Å². The molecule has 0 fully saturated rings. The van der Waals surface area contributed by atoms with Crippen molar-refractivity contribution in [2.45, 2.75) is 39.3 Å². The van der Waals surface area contributed by atoms with Crippen LogP contribution in [0.1, 0.15) is 34.2 Å². The molecule has 1 heterocycles. The van der Waals surface area contributed by atoms with Crippen molar-refractivity contribution < 1.29 is 36.7 Å². The SMILES string of the molecule is Cc1cc2oc(=O)c(CC(=O)Nc3ccc(F)cc3C(F)(F)F)c(-c3cccc(CCC(=O)O)c3)c2cc1C. The summed E-state index contributed by atoms with van der Waals surface area (Å²) in [4.78, 5) is 37.2. The van der Waals surface area contributed by atoms with Gasteiger partial charge in [-0.05, 0) is 72.9 Å². The van der Waals surface area contributed by atoms with Crippen LogP contribution in [0, 0.1) is 19.7 Å². The van der Waals surface area contributed by atoms with Gasteiger partial charge in [0.2, 0.25) is 5.91 Å². The molecule has 6 nitrogen and oxygen atoms in total. The molecule has 0 bridgehead atoms. The van der Waals surface area contributed by atoms with E-state index in [2.05, 4.69) is 5.32 Å². The van der Waals surface area contributed by atoms with Crippen LogP contribution in [0.4, 0.5) is 23.2 Å². The van der Waals surface area contributed by atoms with Crippen molar-refractivity contribution in [1.29, 1.82) is 0 Å². The molecule has 0 unspecified atom stereocenters. The van der Waals surface area contributed by atoms with Crippen LogP contribution in [0.15, 0.2) is 63.8 Å². The van der Waals surface area contributed by atoms with Crippen molar-refractivity contribution in [1.82, 2.24) is 0 Å². The maximum Gasteiger partial charge on any atom is 0.418 e. The molecule has 10 heteroatoms. The molecule has 4 aromatic rings. The number of halogens is 4. The number of aliphatic carboxylic acids is 1. The fourth-order valence-electron chi connectivity index (χ4n) is 4.33. The number of fused-ring (bicyclic) bond motifs is 1. The van der Waals surface area contributed by atoms with Gasteiger partial charge in [0.1, 0.15) is 11.4 Å². The van der Waals surface area contributed by atoms with Crippen molar-refractivity contribution in [3.8, 4) is 11.1 Å². The first-order chi connectivity index (χ1) is 18.3. The average Bonchev–Trinajstić information content (AvgIpc) is 2.85. The molecule has 202 valence electrons. The number of alkyl halides is 3. The zero-order valence-electron chi connectivity index (χ0n) is 20.9. The van der Waals surface area contributed by atoms with E-state index in [1.165, 1.54) is 0 Å². The summed E-state index contributed by atoms with van der Waals surface area (Å²) in [5, 5.41) is 11.7. The highest BCUT2D eigenvalue weighted by atomic mass is 19.4. The van der Waals surface area contributed by atoms with Gasteiger partial charge in [0, 0.05) is 17.4 Å². The van der Waals surface area contributed by atoms with Gasteiger partial charge in [-0.3, -0.25) is 9.59 Å². The molecule has 0 aliphatic rings. The lowest BCUT2D eigenvalue weighted by molar-refractivity contribution is -0.138. The smallest absolute Gasteiger partial charge is 0.418 e. The Bertz CT molecular complexity index is 1660. The molecule has 1 aromatic heterocycles. The van der Waals surface area contributed by atoms with Crippen molar-refractivity contribution in [2.75, 3.05) is 5.32 Å². The fourth-order valence-corrected chi connectivity index (χ4v) is 4.33. The lowest BCUT2D eigenvalue weighted by atomic mass is 9.92. The first-order valence-corrected chi connectivity index (χ1v) is 11.9. The average molecular weight is 541 g/mol. The van der Waals surface area contributed by atoms with E-state index in [4.69, 9.17) is 9.52 Å². The minimum absolute atomic E-state index is 0.0886. The Labute approximate surface area is 219 Å². The number of nitrogens with one attached hydrogen (secondary N) is 1. The Morgan fingerprint density at radius 2 is 1.72 bits per heavy atom. The van der Waals surface area contributed by atoms with Gasteiger partial charge < -0.3 is 14.8 Å². The minimum Gasteiger partial charge on any atom is -0.481 e. The van der Waals surface area contributed by atoms with E-state index < -0.39 is 47.2 Å². The van der Waals surface area contributed by atoms with Gasteiger partial charge in [0.05, 0.1) is 23.2 Å². The second kappa shape index (κ2) is 10.7. The zero-order valence-corrected chi connectivity index (χ0v) is 20.9. The Kier molecular flexibility index (Phi) is 7.58. The third kappa shape index (κ3) is 6.17. The van der Waals surface area contributed by atoms with Crippen LogP contribution in [0.3, 0.4) is 0 Å². The largest absolute Gasteiger partial charge is 0.481 e. The zero-order chi connectivity index (χ0) is 28.5. The lowest BCUT2D eigenvalue weighted by Gasteiger charge is -2.16. The van der Waals surface area contributed by atoms with E-state index in [1.54, 1.807) is 36.4 Å². The normalized spacial score (nSPS) is 11.5. The van der Waals surface area contributed by atoms with Crippen LogP contribution in [0.5, 0.6) is 0 Å². The minimum atomic E-state index is -4.93. The topological polar surface area (TPSA) is 96.6 Å². The summed E-state index contributed by atoms with van der Waals surface area (Å²) in [7, 11) is 0. The second-order valence-corrected chi connectivity index (χ2v) is 9.18. The number of rotatable bonds is 7. The number of carboxylic acid groups (broad SMARTS) is 1. The van der Waals surface area contributed by atoms with Crippen molar-refractivity contribution >= 4 is 28.5 Å². The quantitative estimate of drug-likeness (QED) is 0.208. The Hall–Kier alpha value is -4.47. The molecule has 39 heavy (non-hydrogen) atoms. The van der Waals surface area contributed by atoms with Gasteiger partial charge in [0.25, 0.3) is 0 Å². The maximum absolute atomic E-state index is 13.5. The van der Waals surface area contributed by atoms with Crippen LogP contribution in [-0.2, 0) is 28.6 Å². The predicted octanol–water partition coefficient (Wildman–Crippen LogP) is 6.43. The number of benzene rings is 3. The van der Waals surface area contributed by atoms with Crippen molar-refractivity contribution in [3.63, 3.8) is 0 Å². The molecule has 3 aromatic carbocycles. The van der Waals surface area contributed by atoms with Crippen molar-refractivity contribution in [3.05, 3.63) is 98.7 Å². The van der Waals surface area contributed by atoms with Crippen LogP contribution < -0.4 is 10.9 Å². The Morgan fingerprint density at radius 1 is 1.00 bits per heavy atom. The summed E-state index contributed by atoms with van der Waals surface area (Å²) in [5.41, 5.74) is 0.585. The highest BCUT2D eigenvalue weighted by Gasteiger charge is 2.34. The summed E-state index contributed by atoms with van der Waals surface area (Å²) in [6.07, 6.45) is -5.45. The third-order valence-electron chi connectivity index (χ3n) is 6.36. The maximum atomic E-state index is 13.5. The van der Waals surface area contributed by atoms with Crippen LogP contribution in [-0.4, -0.2) is 17.0 Å². The molecule has 2 N–H and O–H groups in total. The first kappa shape index (κ1) is 27.6. The highest BCUT2D eigenvalue weighted by Crippen LogP contribution is 2.36. The van der Waals surface area contributed by atoms with E-state index in [0.29, 0.717) is 22.1 Å². The summed E-state index contributed by atoms with van der Waals surface area (Å²) in [5.74, 6) is -3.04. The Morgan fingerprint density at radius 3 is 2.41 bits per heavy atom. The number of hydrogen-bond donors (Lipinski definition) is 2. The second-order valence-electron chi connectivity index (χ2n) is 9.18. The van der Waals surface area contributed by atoms with Gasteiger partial charge in [-0.2, -0.15) is 13.2 Å². The molecule has 0 saturated heterocycles. The predicted molar refractivity (Wildman–Crippen MR) is 137 cm³/mol. The number of carbonyl (C=O) groups is 2. The van der Waals surface area contributed by atoms with E-state index in [9.17, 15) is 31.9 Å². The molecule has 0 aliphatic heterocycles. The number of aryl methyl sites for hydroxylation is 3. The number of carbonyl (C=O) groups excluding carboxylic acids is 1. The van der Waals surface area contributed by atoms with Crippen LogP contribution >= 0.6 is 0 Å². The van der Waals surface area contributed by atoms with Crippen LogP contribution in [0.25, 0.3) is 22.1 Å². The Balaban J connectivity index is 1.83. The molecule has 1 amide bonds. The molecule has 0 saturated carbocycles. The van der Waals surface area contributed by atoms with Gasteiger partial charge >= 0.3 is 17.8 Å². The molecule has 4 rings (SSSR count). The van der Waals surface area contributed by atoms with Gasteiger partial charge in [-0.25, -0.2) is 9.18 Å². The number of carboxylic acids is 1. The third-order valence-corrected chi connectivity index (χ3v) is 6.36. The van der Waals surface area contributed by atoms with E-state index in [1.807, 2.05) is 13.8 Å². The monoisotopic (exact) mass is 541 g/mol. The summed E-state index contributed by atoms with van der Waals surface area (Å²) >= 11 is 0. The first-order valence-electron chi connectivity index (χ1n) is 11.9. The molecule has 0 aliphatic carbocycles. The van der Waals surface area contributed by atoms with Gasteiger partial charge in [-0.1, -0.05) is 24.3 Å². The molecular formula is C29H23F4NO5. The standard InChI is InChI=1S/C29H23F4NO5/c1-15-10-20-24(11-16(15)2)39-28(38)21(27(20)18-5-3-4-17(12-18)6-9-26(36)37)14-25(35)34-23-8-7-19(30)13-22(23)29(31,32)33/h3-5,7-8,10-13H,6,9,14H2,1-2H3,(H,34,35)(H,36,37). The molecule has 0 spiro atoms. The fraction of sp³-hybridized carbons (Fsp3) is 0.207. The molecule has 0 radical (unpaired) electrons. The summed E-state index contributed by atoms with van der Waals surface area (Å²) in [6.45, 7) is 3.69. The highest BCUT2D eigenvalue weighted by molar-refractivity contribution is 5.99. The molecular weight excluding hydrogens is 518 g/mol. The summed E-state index contributed by atoms with van der Waals surface area (Å²) in [6, 6.07) is 12.1. The van der Waals surface area contributed by atoms with Crippen LogP contribution in [0.2, 0.25) is 0 Å². The van der Waals surface area contributed by atoms with E-state index in [-0.39, 0.29) is 30.1 Å². The number of amides is 1. The molecule has 0 atom stereocenters. The van der Waals surface area contributed by atoms with Gasteiger partial charge in [-0.15, -0.1) is 0 Å². The lowest BCUT2D eigenvalue weighted by Crippen LogP contribution is -2.22. The summed E-state index contributed by atoms with van der Waals surface area (Å²) < 4.78 is 59.3.